The highest BCUT2D eigenvalue weighted by Gasteiger charge is 2.08. The molecule has 0 fully saturated rings. The van der Waals surface area contributed by atoms with Gasteiger partial charge < -0.3 is 10.2 Å². The summed E-state index contributed by atoms with van der Waals surface area (Å²) in [6, 6.07) is 0. The van der Waals surface area contributed by atoms with E-state index < -0.39 is 11.9 Å². The number of carboxylic acids is 2. The van der Waals surface area contributed by atoms with Crippen molar-refractivity contribution in [3.05, 3.63) is 0 Å². The van der Waals surface area contributed by atoms with E-state index in [2.05, 4.69) is 20.8 Å². The fourth-order valence-electron chi connectivity index (χ4n) is 1.46. The first-order chi connectivity index (χ1) is 8.15. The van der Waals surface area contributed by atoms with Crippen molar-refractivity contribution in [1.82, 2.24) is 0 Å². The van der Waals surface area contributed by atoms with Gasteiger partial charge in [-0.1, -0.05) is 46.5 Å². The number of carboxylic acid groups (broad SMARTS) is 2. The van der Waals surface area contributed by atoms with Crippen molar-refractivity contribution in [3.8, 4) is 0 Å². The lowest BCUT2D eigenvalue weighted by atomic mass is 9.89. The number of carbonyl (C=O) groups is 2. The van der Waals surface area contributed by atoms with Gasteiger partial charge in [-0.15, -0.1) is 0 Å². The van der Waals surface area contributed by atoms with Gasteiger partial charge in [0, 0.05) is 13.3 Å². The molecular formula is C14H28O4. The molecule has 0 aliphatic carbocycles. The van der Waals surface area contributed by atoms with Crippen molar-refractivity contribution in [1.29, 1.82) is 0 Å². The highest BCUT2D eigenvalue weighted by Crippen LogP contribution is 2.22. The first-order valence-corrected chi connectivity index (χ1v) is 6.56. The Labute approximate surface area is 110 Å². The molecule has 0 atom stereocenters. The van der Waals surface area contributed by atoms with Crippen LogP contribution < -0.4 is 0 Å². The first kappa shape index (κ1) is 19.3. The van der Waals surface area contributed by atoms with Crippen LogP contribution in [0.4, 0.5) is 0 Å². The molecule has 0 aliphatic heterocycles. The van der Waals surface area contributed by atoms with Crippen LogP contribution in [0.2, 0.25) is 0 Å². The maximum Gasteiger partial charge on any atom is 0.303 e. The molecule has 0 bridgehead atoms. The minimum absolute atomic E-state index is 0.333. The molecule has 0 aromatic carbocycles. The van der Waals surface area contributed by atoms with Gasteiger partial charge in [0.15, 0.2) is 0 Å². The van der Waals surface area contributed by atoms with E-state index >= 15 is 0 Å². The van der Waals surface area contributed by atoms with Crippen LogP contribution in [0.25, 0.3) is 0 Å². The van der Waals surface area contributed by atoms with Gasteiger partial charge in [0.25, 0.3) is 5.97 Å². The van der Waals surface area contributed by atoms with Gasteiger partial charge in [0.2, 0.25) is 0 Å². The third-order valence-electron chi connectivity index (χ3n) is 2.32. The Bertz CT molecular complexity index is 224. The second-order valence-corrected chi connectivity index (χ2v) is 5.74. The minimum atomic E-state index is -0.833. The van der Waals surface area contributed by atoms with Gasteiger partial charge in [0.1, 0.15) is 0 Å². The third kappa shape index (κ3) is 29.4. The summed E-state index contributed by atoms with van der Waals surface area (Å²) in [6.07, 6.45) is 7.21. The van der Waals surface area contributed by atoms with Gasteiger partial charge in [0.05, 0.1) is 0 Å². The second-order valence-electron chi connectivity index (χ2n) is 5.74. The summed E-state index contributed by atoms with van der Waals surface area (Å²) >= 11 is 0. The molecule has 0 aromatic rings. The van der Waals surface area contributed by atoms with Gasteiger partial charge in [-0.25, -0.2) is 0 Å². The molecule has 0 saturated heterocycles. The molecule has 0 saturated carbocycles. The summed E-state index contributed by atoms with van der Waals surface area (Å²) in [5, 5.41) is 15.8. The Morgan fingerprint density at radius 2 is 1.28 bits per heavy atom. The number of unbranched alkanes of at least 4 members (excludes halogenated alkanes) is 4. The second kappa shape index (κ2) is 11.1. The summed E-state index contributed by atoms with van der Waals surface area (Å²) < 4.78 is 0. The average Bonchev–Trinajstić information content (AvgIpc) is 2.13. The van der Waals surface area contributed by atoms with Gasteiger partial charge in [-0.3, -0.25) is 9.59 Å². The average molecular weight is 260 g/mol. The van der Waals surface area contributed by atoms with Crippen molar-refractivity contribution < 1.29 is 19.8 Å². The Morgan fingerprint density at radius 3 is 1.67 bits per heavy atom. The maximum atomic E-state index is 10.2. The zero-order chi connectivity index (χ0) is 14.6. The van der Waals surface area contributed by atoms with Crippen molar-refractivity contribution in [2.75, 3.05) is 0 Å². The van der Waals surface area contributed by atoms with Crippen molar-refractivity contribution in [2.24, 2.45) is 5.41 Å². The lowest BCUT2D eigenvalue weighted by Crippen LogP contribution is -2.03. The van der Waals surface area contributed by atoms with Gasteiger partial charge in [-0.05, 0) is 18.3 Å². The van der Waals surface area contributed by atoms with Crippen LogP contribution in [-0.4, -0.2) is 22.2 Å². The molecule has 0 unspecified atom stereocenters. The number of hydrogen-bond donors (Lipinski definition) is 2. The molecule has 108 valence electrons. The van der Waals surface area contributed by atoms with Crippen LogP contribution in [0.5, 0.6) is 0 Å². The molecular weight excluding hydrogens is 232 g/mol. The van der Waals surface area contributed by atoms with Crippen LogP contribution in [0.15, 0.2) is 0 Å². The van der Waals surface area contributed by atoms with E-state index in [1.807, 2.05) is 0 Å². The number of hydrogen-bond acceptors (Lipinski definition) is 2. The lowest BCUT2D eigenvalue weighted by Gasteiger charge is -2.17. The van der Waals surface area contributed by atoms with E-state index in [1.165, 1.54) is 25.7 Å². The smallest absolute Gasteiger partial charge is 0.303 e. The number of aliphatic carboxylic acids is 2. The van der Waals surface area contributed by atoms with Crippen molar-refractivity contribution in [3.63, 3.8) is 0 Å². The fraction of sp³-hybridized carbons (Fsp3) is 0.857. The Kier molecular flexibility index (Phi) is 11.8. The van der Waals surface area contributed by atoms with E-state index in [-0.39, 0.29) is 0 Å². The van der Waals surface area contributed by atoms with E-state index in [0.717, 1.165) is 19.8 Å². The van der Waals surface area contributed by atoms with Crippen LogP contribution >= 0.6 is 0 Å². The summed E-state index contributed by atoms with van der Waals surface area (Å²) in [6.45, 7) is 7.87. The predicted molar refractivity (Wildman–Crippen MR) is 72.7 cm³/mol. The standard InChI is InChI=1S/C12H24O2.C2H4O2/c1-12(2,3)10-8-6-4-5-7-9-11(13)14;1-2(3)4/h4-10H2,1-3H3,(H,13,14);1H3,(H,3,4). The van der Waals surface area contributed by atoms with Crippen LogP contribution in [-0.2, 0) is 9.59 Å². The molecule has 0 amide bonds. The molecule has 0 aliphatic rings. The topological polar surface area (TPSA) is 74.6 Å². The summed E-state index contributed by atoms with van der Waals surface area (Å²) in [5.41, 5.74) is 0.446. The first-order valence-electron chi connectivity index (χ1n) is 6.56. The van der Waals surface area contributed by atoms with E-state index in [9.17, 15) is 4.79 Å². The van der Waals surface area contributed by atoms with Crippen LogP contribution in [0, 0.1) is 5.41 Å². The van der Waals surface area contributed by atoms with E-state index in [4.69, 9.17) is 15.0 Å². The Balaban J connectivity index is 0. The minimum Gasteiger partial charge on any atom is -0.481 e. The zero-order valence-electron chi connectivity index (χ0n) is 12.2. The molecule has 0 heterocycles. The largest absolute Gasteiger partial charge is 0.481 e. The van der Waals surface area contributed by atoms with E-state index in [1.54, 1.807) is 0 Å². The van der Waals surface area contributed by atoms with Crippen LogP contribution in [0.3, 0.4) is 0 Å². The van der Waals surface area contributed by atoms with Gasteiger partial charge in [-0.2, -0.15) is 0 Å². The third-order valence-corrected chi connectivity index (χ3v) is 2.32. The molecule has 0 aromatic heterocycles. The highest BCUT2D eigenvalue weighted by atomic mass is 16.4. The monoisotopic (exact) mass is 260 g/mol. The van der Waals surface area contributed by atoms with Crippen LogP contribution in [0.1, 0.15) is 72.6 Å². The summed E-state index contributed by atoms with van der Waals surface area (Å²) in [5.74, 6) is -1.50. The lowest BCUT2D eigenvalue weighted by molar-refractivity contribution is -0.137. The molecule has 0 spiro atoms. The fourth-order valence-corrected chi connectivity index (χ4v) is 1.46. The molecule has 0 rings (SSSR count). The van der Waals surface area contributed by atoms with Crippen molar-refractivity contribution in [2.45, 2.75) is 72.6 Å². The molecule has 4 nitrogen and oxygen atoms in total. The summed E-state index contributed by atoms with van der Waals surface area (Å²) in [7, 11) is 0. The number of rotatable bonds is 7. The quantitative estimate of drug-likeness (QED) is 0.680. The normalized spacial score (nSPS) is 10.4. The Morgan fingerprint density at radius 1 is 0.889 bits per heavy atom. The molecule has 4 heteroatoms. The van der Waals surface area contributed by atoms with E-state index in [0.29, 0.717) is 11.8 Å². The highest BCUT2D eigenvalue weighted by molar-refractivity contribution is 5.66. The molecule has 18 heavy (non-hydrogen) atoms. The zero-order valence-corrected chi connectivity index (χ0v) is 12.2. The van der Waals surface area contributed by atoms with Gasteiger partial charge >= 0.3 is 5.97 Å². The summed E-state index contributed by atoms with van der Waals surface area (Å²) in [4.78, 5) is 19.2. The maximum absolute atomic E-state index is 10.2. The molecule has 0 radical (unpaired) electrons. The Hall–Kier alpha value is -1.06. The molecule has 2 N–H and O–H groups in total. The SMILES string of the molecule is CC(=O)O.CC(C)(C)CCCCCCCC(=O)O. The van der Waals surface area contributed by atoms with Crippen molar-refractivity contribution >= 4 is 11.9 Å². The predicted octanol–water partition coefficient (Wildman–Crippen LogP) is 3.94.